The molecule has 0 saturated carbocycles. The van der Waals surface area contributed by atoms with Crippen LogP contribution < -0.4 is 5.56 Å². The molecule has 3 heterocycles. The van der Waals surface area contributed by atoms with E-state index in [-0.39, 0.29) is 11.4 Å². The Labute approximate surface area is 210 Å². The molecule has 1 N–H and O–H groups in total. The van der Waals surface area contributed by atoms with Gasteiger partial charge in [-0.1, -0.05) is 31.5 Å². The minimum Gasteiger partial charge on any atom is -0.493 e. The summed E-state index contributed by atoms with van der Waals surface area (Å²) in [6, 6.07) is 11.8. The fourth-order valence-electron chi connectivity index (χ4n) is 4.08. The van der Waals surface area contributed by atoms with E-state index in [1.165, 1.54) is 16.7 Å². The molecule has 0 radical (unpaired) electrons. The molecule has 0 spiro atoms. The van der Waals surface area contributed by atoms with Crippen LogP contribution in [0.25, 0.3) is 11.1 Å². The lowest BCUT2D eigenvalue weighted by molar-refractivity contribution is 0.379. The molecule has 0 aliphatic rings. The third-order valence-electron chi connectivity index (χ3n) is 6.06. The normalized spacial score (nSPS) is 11.5. The van der Waals surface area contributed by atoms with Crippen LogP contribution in [0.2, 0.25) is 0 Å². The van der Waals surface area contributed by atoms with Gasteiger partial charge in [-0.15, -0.1) is 0 Å². The number of hydrogen-bond acceptors (Lipinski definition) is 7. The molecule has 186 valence electrons. The number of rotatable bonds is 9. The maximum absolute atomic E-state index is 13.5. The molecule has 36 heavy (non-hydrogen) atoms. The highest BCUT2D eigenvalue weighted by Gasteiger charge is 2.29. The number of hydrogen-bond donors (Lipinski definition) is 1. The first-order chi connectivity index (χ1) is 17.3. The Bertz CT molecular complexity index is 1520. The Morgan fingerprint density at radius 1 is 0.972 bits per heavy atom. The quantitative estimate of drug-likeness (QED) is 0.364. The van der Waals surface area contributed by atoms with E-state index in [0.717, 1.165) is 35.1 Å². The maximum Gasteiger partial charge on any atom is 0.296 e. The number of pyridine rings is 2. The summed E-state index contributed by atoms with van der Waals surface area (Å²) in [7, 11) is -4.32. The molecular formula is C27H28N4O4S. The van der Waals surface area contributed by atoms with E-state index < -0.39 is 26.2 Å². The lowest BCUT2D eigenvalue weighted by Crippen LogP contribution is -2.25. The minimum atomic E-state index is -4.32. The van der Waals surface area contributed by atoms with Gasteiger partial charge in [0.15, 0.2) is 4.90 Å². The van der Waals surface area contributed by atoms with E-state index in [0.29, 0.717) is 18.7 Å². The number of aryl methyl sites for hydroxylation is 3. The van der Waals surface area contributed by atoms with Crippen LogP contribution in [0.4, 0.5) is 0 Å². The minimum absolute atomic E-state index is 0.0905. The largest absolute Gasteiger partial charge is 0.493 e. The molecule has 0 atom stereocenters. The Morgan fingerprint density at radius 2 is 1.72 bits per heavy atom. The zero-order chi connectivity index (χ0) is 25.7. The third kappa shape index (κ3) is 5.21. The van der Waals surface area contributed by atoms with E-state index >= 15 is 0 Å². The van der Waals surface area contributed by atoms with E-state index in [1.807, 2.05) is 32.0 Å². The van der Waals surface area contributed by atoms with E-state index in [1.54, 1.807) is 36.9 Å². The predicted molar refractivity (Wildman–Crippen MR) is 137 cm³/mol. The van der Waals surface area contributed by atoms with Gasteiger partial charge in [-0.05, 0) is 66.3 Å². The van der Waals surface area contributed by atoms with Crippen molar-refractivity contribution in [3.8, 4) is 17.0 Å². The number of nitrogens with zero attached hydrogens (tertiary/aromatic N) is 4. The summed E-state index contributed by atoms with van der Waals surface area (Å²) in [5, 5.41) is 11.1. The maximum atomic E-state index is 13.5. The molecule has 0 aliphatic carbocycles. The molecule has 0 unspecified atom stereocenters. The fourth-order valence-corrected chi connectivity index (χ4v) is 5.44. The lowest BCUT2D eigenvalue weighted by Gasteiger charge is -2.17. The summed E-state index contributed by atoms with van der Waals surface area (Å²) in [5.74, 6) is -0.218. The molecule has 9 heteroatoms. The van der Waals surface area contributed by atoms with Crippen molar-refractivity contribution in [1.29, 1.82) is 0 Å². The molecule has 4 aromatic rings. The van der Waals surface area contributed by atoms with Gasteiger partial charge >= 0.3 is 0 Å². The smallest absolute Gasteiger partial charge is 0.296 e. The monoisotopic (exact) mass is 504 g/mol. The number of benzene rings is 1. The Hall–Kier alpha value is -3.85. The van der Waals surface area contributed by atoms with Gasteiger partial charge in [0.2, 0.25) is 15.7 Å². The highest BCUT2D eigenvalue weighted by Crippen LogP contribution is 2.29. The van der Waals surface area contributed by atoms with Crippen LogP contribution in [0, 0.1) is 6.92 Å². The molecule has 0 aliphatic heterocycles. The Morgan fingerprint density at radius 3 is 2.39 bits per heavy atom. The zero-order valence-electron chi connectivity index (χ0n) is 20.3. The molecule has 0 saturated heterocycles. The SMILES string of the molecule is CCCCc1nc(=O)c(S(=O)(=O)c2ccc(-c3ccncc3C)cc2)c(O)n1CCc1cccnc1. The number of unbranched alkanes of at least 4 members (excludes halogenated alkanes) is 1. The van der Waals surface area contributed by atoms with Crippen LogP contribution in [-0.2, 0) is 29.2 Å². The third-order valence-corrected chi connectivity index (χ3v) is 7.85. The van der Waals surface area contributed by atoms with Crippen molar-refractivity contribution in [2.75, 3.05) is 0 Å². The van der Waals surface area contributed by atoms with Gasteiger partial charge in [-0.3, -0.25) is 19.3 Å². The second-order valence-electron chi connectivity index (χ2n) is 8.57. The molecule has 3 aromatic heterocycles. The van der Waals surface area contributed by atoms with E-state index in [9.17, 15) is 18.3 Å². The molecule has 4 rings (SSSR count). The standard InChI is InChI=1S/C27H28N4O4S/c1-3-4-7-24-30-26(32)25(27(33)31(24)16-13-20-6-5-14-28-18-20)36(34,35)22-10-8-21(9-11-22)23-12-15-29-17-19(23)2/h5-6,8-12,14-15,17-18,33H,3-4,7,13,16H2,1-2H3. The van der Waals surface area contributed by atoms with Crippen LogP contribution in [-0.4, -0.2) is 33.0 Å². The highest BCUT2D eigenvalue weighted by molar-refractivity contribution is 7.91. The summed E-state index contributed by atoms with van der Waals surface area (Å²) in [4.78, 5) is 24.4. The van der Waals surface area contributed by atoms with Crippen LogP contribution in [0.5, 0.6) is 5.88 Å². The van der Waals surface area contributed by atoms with Crippen molar-refractivity contribution in [2.24, 2.45) is 0 Å². The van der Waals surface area contributed by atoms with Crippen molar-refractivity contribution < 1.29 is 13.5 Å². The number of aromatic hydroxyl groups is 1. The summed E-state index contributed by atoms with van der Waals surface area (Å²) < 4.78 is 28.5. The second-order valence-corrected chi connectivity index (χ2v) is 10.5. The topological polar surface area (TPSA) is 115 Å². The molecule has 8 nitrogen and oxygen atoms in total. The zero-order valence-corrected chi connectivity index (χ0v) is 21.1. The first-order valence-electron chi connectivity index (χ1n) is 11.8. The number of aromatic nitrogens is 4. The molecule has 0 fully saturated rings. The van der Waals surface area contributed by atoms with Crippen LogP contribution in [0.3, 0.4) is 0 Å². The van der Waals surface area contributed by atoms with Crippen LogP contribution in [0.1, 0.15) is 36.7 Å². The van der Waals surface area contributed by atoms with Crippen LogP contribution in [0.15, 0.2) is 81.8 Å². The summed E-state index contributed by atoms with van der Waals surface area (Å²) in [5.41, 5.74) is 2.67. The average Bonchev–Trinajstić information content (AvgIpc) is 2.87. The summed E-state index contributed by atoms with van der Waals surface area (Å²) >= 11 is 0. The molecular weight excluding hydrogens is 476 g/mol. The van der Waals surface area contributed by atoms with Crippen molar-refractivity contribution in [3.63, 3.8) is 0 Å². The fraction of sp³-hybridized carbons (Fsp3) is 0.259. The number of sulfone groups is 1. The molecule has 1 aromatic carbocycles. The lowest BCUT2D eigenvalue weighted by atomic mass is 10.0. The predicted octanol–water partition coefficient (Wildman–Crippen LogP) is 4.13. The van der Waals surface area contributed by atoms with Crippen molar-refractivity contribution in [3.05, 3.63) is 94.6 Å². The van der Waals surface area contributed by atoms with Gasteiger partial charge in [0.1, 0.15) is 5.82 Å². The first-order valence-corrected chi connectivity index (χ1v) is 13.3. The summed E-state index contributed by atoms with van der Waals surface area (Å²) in [6.07, 6.45) is 9.34. The van der Waals surface area contributed by atoms with E-state index in [4.69, 9.17) is 0 Å². The molecule has 0 amide bonds. The second kappa shape index (κ2) is 10.8. The van der Waals surface area contributed by atoms with Crippen molar-refractivity contribution in [2.45, 2.75) is 55.9 Å². The van der Waals surface area contributed by atoms with Gasteiger partial charge in [-0.25, -0.2) is 8.42 Å². The van der Waals surface area contributed by atoms with E-state index in [2.05, 4.69) is 15.0 Å². The Balaban J connectivity index is 1.75. The van der Waals surface area contributed by atoms with Crippen LogP contribution >= 0.6 is 0 Å². The van der Waals surface area contributed by atoms with Gasteiger partial charge in [0.25, 0.3) is 5.56 Å². The highest BCUT2D eigenvalue weighted by atomic mass is 32.2. The first kappa shape index (κ1) is 25.2. The summed E-state index contributed by atoms with van der Waals surface area (Å²) in [6.45, 7) is 4.19. The van der Waals surface area contributed by atoms with Crippen molar-refractivity contribution >= 4 is 9.84 Å². The van der Waals surface area contributed by atoms with Gasteiger partial charge in [-0.2, -0.15) is 4.98 Å². The van der Waals surface area contributed by atoms with Gasteiger partial charge < -0.3 is 5.11 Å². The average molecular weight is 505 g/mol. The van der Waals surface area contributed by atoms with Gasteiger partial charge in [0.05, 0.1) is 4.90 Å². The molecule has 0 bridgehead atoms. The Kier molecular flexibility index (Phi) is 7.59. The van der Waals surface area contributed by atoms with Gasteiger partial charge in [0, 0.05) is 37.8 Å². The van der Waals surface area contributed by atoms with Crippen molar-refractivity contribution in [1.82, 2.24) is 19.5 Å².